The largest absolute Gasteiger partial charge is 0.478 e. The van der Waals surface area contributed by atoms with Gasteiger partial charge >= 0.3 is 5.97 Å². The molecule has 6 heteroatoms. The highest BCUT2D eigenvalue weighted by Gasteiger charge is 2.24. The number of benzene rings is 2. The SMILES string of the molecule is CC(C)c1nc(-c2ccccc2C(=O)O)c(CN)c(-c2ccc(F)cc2)c1CO. The lowest BCUT2D eigenvalue weighted by Crippen LogP contribution is -2.13. The molecule has 0 fully saturated rings. The minimum absolute atomic E-state index is 0.0288. The van der Waals surface area contributed by atoms with Crippen molar-refractivity contribution in [3.8, 4) is 22.4 Å². The molecule has 150 valence electrons. The van der Waals surface area contributed by atoms with E-state index >= 15 is 0 Å². The van der Waals surface area contributed by atoms with E-state index in [9.17, 15) is 19.4 Å². The molecule has 0 amide bonds. The van der Waals surface area contributed by atoms with Crippen LogP contribution < -0.4 is 5.73 Å². The number of carboxylic acid groups (broad SMARTS) is 1. The lowest BCUT2D eigenvalue weighted by molar-refractivity contribution is 0.0697. The van der Waals surface area contributed by atoms with E-state index in [2.05, 4.69) is 0 Å². The minimum atomic E-state index is -1.06. The topological polar surface area (TPSA) is 96.4 Å². The summed E-state index contributed by atoms with van der Waals surface area (Å²) in [5.74, 6) is -1.46. The van der Waals surface area contributed by atoms with E-state index in [1.165, 1.54) is 18.2 Å². The molecule has 3 rings (SSSR count). The summed E-state index contributed by atoms with van der Waals surface area (Å²) in [4.78, 5) is 16.5. The van der Waals surface area contributed by atoms with Gasteiger partial charge in [0.1, 0.15) is 5.82 Å². The van der Waals surface area contributed by atoms with Gasteiger partial charge in [0.25, 0.3) is 0 Å². The number of nitrogens with two attached hydrogens (primary N) is 1. The number of hydrogen-bond donors (Lipinski definition) is 3. The van der Waals surface area contributed by atoms with Crippen molar-refractivity contribution in [3.63, 3.8) is 0 Å². The van der Waals surface area contributed by atoms with E-state index in [0.29, 0.717) is 39.2 Å². The van der Waals surface area contributed by atoms with Crippen LogP contribution in [0.5, 0.6) is 0 Å². The summed E-state index contributed by atoms with van der Waals surface area (Å²) in [5, 5.41) is 19.8. The molecule has 0 unspecified atom stereocenters. The van der Waals surface area contributed by atoms with Gasteiger partial charge in [-0.1, -0.05) is 44.2 Å². The number of aromatic carboxylic acids is 1. The van der Waals surface area contributed by atoms with Crippen LogP contribution in [0.25, 0.3) is 22.4 Å². The van der Waals surface area contributed by atoms with Gasteiger partial charge in [-0.15, -0.1) is 0 Å². The molecule has 0 radical (unpaired) electrons. The van der Waals surface area contributed by atoms with Crippen LogP contribution in [0, 0.1) is 5.82 Å². The predicted octanol–water partition coefficient (Wildman–Crippen LogP) is 4.33. The summed E-state index contributed by atoms with van der Waals surface area (Å²) in [6, 6.07) is 12.6. The molecular weight excluding hydrogens is 371 g/mol. The second-order valence-corrected chi connectivity index (χ2v) is 7.05. The first kappa shape index (κ1) is 20.6. The summed E-state index contributed by atoms with van der Waals surface area (Å²) in [7, 11) is 0. The highest BCUT2D eigenvalue weighted by molar-refractivity contribution is 5.96. The van der Waals surface area contributed by atoms with Gasteiger partial charge in [0.15, 0.2) is 0 Å². The van der Waals surface area contributed by atoms with Gasteiger partial charge in [-0.2, -0.15) is 0 Å². The summed E-state index contributed by atoms with van der Waals surface area (Å²) in [6.45, 7) is 3.71. The summed E-state index contributed by atoms with van der Waals surface area (Å²) < 4.78 is 13.5. The van der Waals surface area contributed by atoms with Crippen molar-refractivity contribution < 1.29 is 19.4 Å². The van der Waals surface area contributed by atoms with E-state index in [-0.39, 0.29) is 30.5 Å². The van der Waals surface area contributed by atoms with Gasteiger partial charge < -0.3 is 15.9 Å². The molecule has 3 aromatic rings. The molecule has 0 aliphatic rings. The Bertz CT molecular complexity index is 1050. The lowest BCUT2D eigenvalue weighted by Gasteiger charge is -2.22. The number of aliphatic hydroxyl groups is 1. The Labute approximate surface area is 168 Å². The van der Waals surface area contributed by atoms with Gasteiger partial charge in [0, 0.05) is 28.9 Å². The van der Waals surface area contributed by atoms with Gasteiger partial charge in [-0.05, 0) is 35.2 Å². The fourth-order valence-corrected chi connectivity index (χ4v) is 3.58. The van der Waals surface area contributed by atoms with Crippen LogP contribution in [-0.2, 0) is 13.2 Å². The number of hydrogen-bond acceptors (Lipinski definition) is 4. The quantitative estimate of drug-likeness (QED) is 0.578. The Kier molecular flexibility index (Phi) is 6.06. The normalized spacial score (nSPS) is 11.1. The number of halogens is 1. The van der Waals surface area contributed by atoms with E-state index in [1.54, 1.807) is 30.3 Å². The minimum Gasteiger partial charge on any atom is -0.478 e. The maximum atomic E-state index is 13.5. The predicted molar refractivity (Wildman–Crippen MR) is 110 cm³/mol. The van der Waals surface area contributed by atoms with Crippen molar-refractivity contribution in [2.24, 2.45) is 5.73 Å². The fourth-order valence-electron chi connectivity index (χ4n) is 3.58. The van der Waals surface area contributed by atoms with Gasteiger partial charge in [-0.3, -0.25) is 4.98 Å². The molecule has 0 bridgehead atoms. The molecule has 2 aromatic carbocycles. The molecule has 5 nitrogen and oxygen atoms in total. The van der Waals surface area contributed by atoms with Crippen LogP contribution in [0.2, 0.25) is 0 Å². The van der Waals surface area contributed by atoms with E-state index < -0.39 is 5.97 Å². The van der Waals surface area contributed by atoms with Crippen LogP contribution in [0.1, 0.15) is 46.9 Å². The molecule has 4 N–H and O–H groups in total. The Morgan fingerprint density at radius 1 is 1.10 bits per heavy atom. The average molecular weight is 394 g/mol. The number of carbonyl (C=O) groups is 1. The zero-order valence-electron chi connectivity index (χ0n) is 16.3. The average Bonchev–Trinajstić information content (AvgIpc) is 2.72. The van der Waals surface area contributed by atoms with Crippen LogP contribution in [0.15, 0.2) is 48.5 Å². The third-order valence-corrected chi connectivity index (χ3v) is 4.89. The zero-order chi connectivity index (χ0) is 21.1. The van der Waals surface area contributed by atoms with E-state index in [0.717, 1.165) is 0 Å². The third-order valence-electron chi connectivity index (χ3n) is 4.89. The molecule has 0 saturated heterocycles. The monoisotopic (exact) mass is 394 g/mol. The van der Waals surface area contributed by atoms with Crippen LogP contribution in [0.3, 0.4) is 0 Å². The molecule has 1 heterocycles. The van der Waals surface area contributed by atoms with E-state index in [1.807, 2.05) is 13.8 Å². The van der Waals surface area contributed by atoms with Crippen LogP contribution in [0.4, 0.5) is 4.39 Å². The Morgan fingerprint density at radius 2 is 1.76 bits per heavy atom. The Hall–Kier alpha value is -3.09. The standard InChI is InChI=1S/C23H23FN2O3/c1-13(2)21-19(12-27)20(14-7-9-15(24)10-8-14)18(11-25)22(26-21)16-5-3-4-6-17(16)23(28)29/h3-10,13,27H,11-12,25H2,1-2H3,(H,28,29). The lowest BCUT2D eigenvalue weighted by atomic mass is 9.87. The zero-order valence-corrected chi connectivity index (χ0v) is 16.3. The summed E-state index contributed by atoms with van der Waals surface area (Å²) in [5.41, 5.74) is 10.4. The van der Waals surface area contributed by atoms with Crippen molar-refractivity contribution in [2.75, 3.05) is 0 Å². The second kappa shape index (κ2) is 8.51. The summed E-state index contributed by atoms with van der Waals surface area (Å²) >= 11 is 0. The van der Waals surface area contributed by atoms with Crippen LogP contribution in [-0.4, -0.2) is 21.2 Å². The molecule has 0 aliphatic heterocycles. The van der Waals surface area contributed by atoms with Crippen molar-refractivity contribution in [1.29, 1.82) is 0 Å². The first-order valence-electron chi connectivity index (χ1n) is 9.34. The maximum Gasteiger partial charge on any atom is 0.336 e. The van der Waals surface area contributed by atoms with Crippen LogP contribution >= 0.6 is 0 Å². The van der Waals surface area contributed by atoms with Crippen molar-refractivity contribution >= 4 is 5.97 Å². The molecule has 0 spiro atoms. The fraction of sp³-hybridized carbons (Fsp3) is 0.217. The smallest absolute Gasteiger partial charge is 0.336 e. The number of aromatic nitrogens is 1. The highest BCUT2D eigenvalue weighted by atomic mass is 19.1. The number of pyridine rings is 1. The molecule has 0 atom stereocenters. The first-order chi connectivity index (χ1) is 13.9. The van der Waals surface area contributed by atoms with Gasteiger partial charge in [-0.25, -0.2) is 9.18 Å². The molecule has 1 aromatic heterocycles. The molecule has 0 aliphatic carbocycles. The Balaban J connectivity index is 2.45. The molecule has 0 saturated carbocycles. The van der Waals surface area contributed by atoms with Crippen molar-refractivity contribution in [3.05, 3.63) is 76.7 Å². The van der Waals surface area contributed by atoms with Gasteiger partial charge in [0.05, 0.1) is 17.9 Å². The number of nitrogens with zero attached hydrogens (tertiary/aromatic N) is 1. The van der Waals surface area contributed by atoms with Crippen molar-refractivity contribution in [2.45, 2.75) is 32.9 Å². The second-order valence-electron chi connectivity index (χ2n) is 7.05. The Morgan fingerprint density at radius 3 is 2.31 bits per heavy atom. The number of rotatable bonds is 6. The van der Waals surface area contributed by atoms with Crippen molar-refractivity contribution in [1.82, 2.24) is 4.98 Å². The summed E-state index contributed by atoms with van der Waals surface area (Å²) in [6.07, 6.45) is 0. The van der Waals surface area contributed by atoms with E-state index in [4.69, 9.17) is 10.7 Å². The number of carboxylic acids is 1. The maximum absolute atomic E-state index is 13.5. The first-order valence-corrected chi connectivity index (χ1v) is 9.34. The molecular formula is C23H23FN2O3. The third kappa shape index (κ3) is 3.90. The number of aliphatic hydroxyl groups excluding tert-OH is 1. The molecule has 29 heavy (non-hydrogen) atoms. The van der Waals surface area contributed by atoms with Gasteiger partial charge in [0.2, 0.25) is 0 Å². The highest BCUT2D eigenvalue weighted by Crippen LogP contribution is 2.38.